The Bertz CT molecular complexity index is 763. The zero-order valence-corrected chi connectivity index (χ0v) is 15.5. The number of thioether (sulfide) groups is 2. The first-order valence-electron chi connectivity index (χ1n) is 8.23. The summed E-state index contributed by atoms with van der Waals surface area (Å²) in [6, 6.07) is 20.7. The zero-order valence-electron chi connectivity index (χ0n) is 13.9. The van der Waals surface area contributed by atoms with Crippen LogP contribution in [-0.2, 0) is 12.2 Å². The Labute approximate surface area is 156 Å². The zero-order chi connectivity index (χ0) is 17.3. The normalized spacial score (nSPS) is 10.9. The van der Waals surface area contributed by atoms with Gasteiger partial charge in [0.15, 0.2) is 5.16 Å². The second-order valence-electron chi connectivity index (χ2n) is 5.43. The maximum absolute atomic E-state index is 9.10. The summed E-state index contributed by atoms with van der Waals surface area (Å²) in [6.07, 6.45) is 0.860. The molecule has 0 saturated heterocycles. The standard InChI is InChI=1S/C19H21N3OS2/c23-12-14-25-19-21-20-18(22(19)17-9-5-2-6-10-17)11-13-24-15-16-7-3-1-4-8-16/h1-10,23H,11-15H2. The fraction of sp³-hybridized carbons (Fsp3) is 0.263. The van der Waals surface area contributed by atoms with Crippen LogP contribution < -0.4 is 0 Å². The third-order valence-electron chi connectivity index (χ3n) is 3.62. The van der Waals surface area contributed by atoms with Crippen molar-refractivity contribution in [1.29, 1.82) is 0 Å². The molecular formula is C19H21N3OS2. The van der Waals surface area contributed by atoms with Crippen LogP contribution in [0.3, 0.4) is 0 Å². The monoisotopic (exact) mass is 371 g/mol. The fourth-order valence-corrected chi connectivity index (χ4v) is 4.07. The smallest absolute Gasteiger partial charge is 0.195 e. The van der Waals surface area contributed by atoms with E-state index < -0.39 is 0 Å². The second kappa shape index (κ2) is 9.65. The number of rotatable bonds is 9. The molecule has 3 rings (SSSR count). The predicted octanol–water partition coefficient (Wildman–Crippen LogP) is 3.83. The molecule has 25 heavy (non-hydrogen) atoms. The third-order valence-corrected chi connectivity index (χ3v) is 5.56. The lowest BCUT2D eigenvalue weighted by Gasteiger charge is -2.10. The number of aliphatic hydroxyl groups excluding tert-OH is 1. The van der Waals surface area contributed by atoms with Gasteiger partial charge in [0.05, 0.1) is 6.61 Å². The molecule has 0 aliphatic rings. The largest absolute Gasteiger partial charge is 0.396 e. The molecule has 4 nitrogen and oxygen atoms in total. The van der Waals surface area contributed by atoms with Gasteiger partial charge >= 0.3 is 0 Å². The van der Waals surface area contributed by atoms with E-state index in [-0.39, 0.29) is 6.61 Å². The summed E-state index contributed by atoms with van der Waals surface area (Å²) in [6.45, 7) is 0.134. The van der Waals surface area contributed by atoms with Crippen LogP contribution in [0.2, 0.25) is 0 Å². The molecule has 0 atom stereocenters. The van der Waals surface area contributed by atoms with Crippen molar-refractivity contribution in [1.82, 2.24) is 14.8 Å². The number of aryl methyl sites for hydroxylation is 1. The van der Waals surface area contributed by atoms with E-state index in [1.165, 1.54) is 17.3 Å². The quantitative estimate of drug-likeness (QED) is 0.458. The van der Waals surface area contributed by atoms with Crippen LogP contribution in [0.5, 0.6) is 0 Å². The van der Waals surface area contributed by atoms with E-state index in [0.717, 1.165) is 34.6 Å². The number of hydrogen-bond acceptors (Lipinski definition) is 5. The van der Waals surface area contributed by atoms with Crippen molar-refractivity contribution in [2.75, 3.05) is 18.1 Å². The Hall–Kier alpha value is -1.76. The molecule has 0 fully saturated rings. The molecule has 1 N–H and O–H groups in total. The van der Waals surface area contributed by atoms with Crippen molar-refractivity contribution >= 4 is 23.5 Å². The van der Waals surface area contributed by atoms with E-state index in [1.807, 2.05) is 36.0 Å². The summed E-state index contributed by atoms with van der Waals surface area (Å²) in [5, 5.41) is 18.6. The molecule has 6 heteroatoms. The highest BCUT2D eigenvalue weighted by Crippen LogP contribution is 2.23. The SMILES string of the molecule is OCCSc1nnc(CCSCc2ccccc2)n1-c1ccccc1. The summed E-state index contributed by atoms with van der Waals surface area (Å²) >= 11 is 3.44. The van der Waals surface area contributed by atoms with E-state index in [4.69, 9.17) is 5.11 Å². The number of benzene rings is 2. The lowest BCUT2D eigenvalue weighted by Crippen LogP contribution is -2.04. The Kier molecular flexibility index (Phi) is 6.97. The number of aromatic nitrogens is 3. The minimum Gasteiger partial charge on any atom is -0.396 e. The van der Waals surface area contributed by atoms with Gasteiger partial charge in [-0.1, -0.05) is 60.3 Å². The molecular weight excluding hydrogens is 350 g/mol. The molecule has 3 aromatic rings. The van der Waals surface area contributed by atoms with E-state index in [2.05, 4.69) is 51.2 Å². The fourth-order valence-electron chi connectivity index (χ4n) is 2.46. The summed E-state index contributed by atoms with van der Waals surface area (Å²) in [4.78, 5) is 0. The number of aliphatic hydroxyl groups is 1. The van der Waals surface area contributed by atoms with Crippen molar-refractivity contribution < 1.29 is 5.11 Å². The first kappa shape index (κ1) is 18.0. The molecule has 0 saturated carbocycles. The number of hydrogen-bond donors (Lipinski definition) is 1. The van der Waals surface area contributed by atoms with Crippen molar-refractivity contribution in [2.24, 2.45) is 0 Å². The van der Waals surface area contributed by atoms with Crippen LogP contribution in [-0.4, -0.2) is 38.0 Å². The maximum Gasteiger partial charge on any atom is 0.195 e. The van der Waals surface area contributed by atoms with E-state index in [1.54, 1.807) is 0 Å². The van der Waals surface area contributed by atoms with Gasteiger partial charge in [0.25, 0.3) is 0 Å². The molecule has 0 aliphatic carbocycles. The van der Waals surface area contributed by atoms with E-state index in [9.17, 15) is 0 Å². The number of nitrogens with zero attached hydrogens (tertiary/aromatic N) is 3. The number of para-hydroxylation sites is 1. The van der Waals surface area contributed by atoms with Crippen LogP contribution >= 0.6 is 23.5 Å². The van der Waals surface area contributed by atoms with Crippen LogP contribution in [0.25, 0.3) is 5.69 Å². The highest BCUT2D eigenvalue weighted by atomic mass is 32.2. The molecule has 0 bridgehead atoms. The Morgan fingerprint density at radius 2 is 1.60 bits per heavy atom. The Morgan fingerprint density at radius 1 is 0.880 bits per heavy atom. The van der Waals surface area contributed by atoms with Gasteiger partial charge in [-0.15, -0.1) is 10.2 Å². The van der Waals surface area contributed by atoms with Gasteiger partial charge in [-0.2, -0.15) is 11.8 Å². The van der Waals surface area contributed by atoms with Gasteiger partial charge in [-0.05, 0) is 17.7 Å². The minimum atomic E-state index is 0.134. The summed E-state index contributed by atoms with van der Waals surface area (Å²) < 4.78 is 2.10. The summed E-state index contributed by atoms with van der Waals surface area (Å²) in [5.41, 5.74) is 2.41. The minimum absolute atomic E-state index is 0.134. The lowest BCUT2D eigenvalue weighted by molar-refractivity contribution is 0.322. The lowest BCUT2D eigenvalue weighted by atomic mass is 10.2. The van der Waals surface area contributed by atoms with Gasteiger partial charge in [-0.3, -0.25) is 4.57 Å². The predicted molar refractivity (Wildman–Crippen MR) is 105 cm³/mol. The molecule has 1 heterocycles. The Morgan fingerprint density at radius 3 is 2.32 bits per heavy atom. The molecule has 1 aromatic heterocycles. The van der Waals surface area contributed by atoms with Gasteiger partial charge in [0.2, 0.25) is 0 Å². The van der Waals surface area contributed by atoms with Crippen molar-refractivity contribution in [2.45, 2.75) is 17.3 Å². The molecule has 2 aromatic carbocycles. The molecule has 0 amide bonds. The van der Waals surface area contributed by atoms with Crippen molar-refractivity contribution in [3.05, 3.63) is 72.1 Å². The van der Waals surface area contributed by atoms with Crippen LogP contribution in [0.15, 0.2) is 65.8 Å². The molecule has 0 radical (unpaired) electrons. The van der Waals surface area contributed by atoms with Gasteiger partial charge in [-0.25, -0.2) is 0 Å². The summed E-state index contributed by atoms with van der Waals surface area (Å²) in [7, 11) is 0. The molecule has 130 valence electrons. The maximum atomic E-state index is 9.10. The second-order valence-corrected chi connectivity index (χ2v) is 7.60. The van der Waals surface area contributed by atoms with Crippen molar-refractivity contribution in [3.8, 4) is 5.69 Å². The van der Waals surface area contributed by atoms with Gasteiger partial charge in [0.1, 0.15) is 5.82 Å². The molecule has 0 spiro atoms. The molecule has 0 unspecified atom stereocenters. The first-order chi connectivity index (χ1) is 12.4. The third kappa shape index (κ3) is 5.11. The van der Waals surface area contributed by atoms with Crippen molar-refractivity contribution in [3.63, 3.8) is 0 Å². The molecule has 0 aliphatic heterocycles. The van der Waals surface area contributed by atoms with Crippen LogP contribution in [0.4, 0.5) is 0 Å². The average molecular weight is 372 g/mol. The average Bonchev–Trinajstić information content (AvgIpc) is 3.08. The van der Waals surface area contributed by atoms with E-state index in [0.29, 0.717) is 5.75 Å². The Balaban J connectivity index is 1.67. The first-order valence-corrected chi connectivity index (χ1v) is 10.4. The van der Waals surface area contributed by atoms with Gasteiger partial charge < -0.3 is 5.11 Å². The van der Waals surface area contributed by atoms with Gasteiger partial charge in [0, 0.05) is 29.4 Å². The highest BCUT2D eigenvalue weighted by molar-refractivity contribution is 7.99. The van der Waals surface area contributed by atoms with Crippen LogP contribution in [0, 0.1) is 0 Å². The highest BCUT2D eigenvalue weighted by Gasteiger charge is 2.14. The van der Waals surface area contributed by atoms with E-state index >= 15 is 0 Å². The summed E-state index contributed by atoms with van der Waals surface area (Å²) in [5.74, 6) is 3.58. The topological polar surface area (TPSA) is 50.9 Å². The van der Waals surface area contributed by atoms with Crippen LogP contribution in [0.1, 0.15) is 11.4 Å².